The zero-order valence-corrected chi connectivity index (χ0v) is 13.8. The van der Waals surface area contributed by atoms with Crippen molar-refractivity contribution < 1.29 is 4.79 Å². The summed E-state index contributed by atoms with van der Waals surface area (Å²) in [4.78, 5) is 14.7. The number of carbonyl (C=O) groups is 1. The van der Waals surface area contributed by atoms with E-state index in [2.05, 4.69) is 40.9 Å². The Kier molecular flexibility index (Phi) is 4.15. The van der Waals surface area contributed by atoms with Gasteiger partial charge in [-0.15, -0.1) is 0 Å². The number of hydrogen-bond donors (Lipinski definition) is 1. The topological polar surface area (TPSA) is 58.9 Å². The summed E-state index contributed by atoms with van der Waals surface area (Å²) in [6.45, 7) is 6.00. The first-order valence-electron chi connectivity index (χ1n) is 7.70. The number of aromatic amines is 1. The Labute approximate surface area is 134 Å². The lowest BCUT2D eigenvalue weighted by atomic mass is 10.1. The van der Waals surface area contributed by atoms with Crippen LogP contribution in [0.5, 0.6) is 0 Å². The van der Waals surface area contributed by atoms with Crippen LogP contribution in [0.25, 0.3) is 0 Å². The van der Waals surface area contributed by atoms with Crippen LogP contribution in [0.4, 0.5) is 0 Å². The van der Waals surface area contributed by atoms with E-state index in [4.69, 9.17) is 12.2 Å². The van der Waals surface area contributed by atoms with Crippen molar-refractivity contribution in [3.05, 3.63) is 34.6 Å². The average Bonchev–Trinajstić information content (AvgIpc) is 3.10. The minimum atomic E-state index is 0.0898. The third-order valence-corrected chi connectivity index (χ3v) is 4.58. The van der Waals surface area contributed by atoms with E-state index in [9.17, 15) is 4.79 Å². The van der Waals surface area contributed by atoms with Crippen molar-refractivity contribution in [2.75, 3.05) is 6.54 Å². The zero-order chi connectivity index (χ0) is 15.7. The fourth-order valence-electron chi connectivity index (χ4n) is 3.07. The first-order chi connectivity index (χ1) is 10.6. The van der Waals surface area contributed by atoms with Gasteiger partial charge in [-0.1, -0.05) is 6.92 Å². The Balaban J connectivity index is 1.78. The van der Waals surface area contributed by atoms with Crippen molar-refractivity contribution in [1.29, 1.82) is 0 Å². The highest BCUT2D eigenvalue weighted by molar-refractivity contribution is 7.71. The molecule has 0 saturated heterocycles. The van der Waals surface area contributed by atoms with Gasteiger partial charge in [0.1, 0.15) is 12.4 Å². The van der Waals surface area contributed by atoms with Gasteiger partial charge in [0.15, 0.2) is 4.77 Å². The van der Waals surface area contributed by atoms with Crippen molar-refractivity contribution in [3.8, 4) is 0 Å². The number of fused-ring (bicyclic) bond motifs is 1. The number of H-pyrrole nitrogens is 1. The molecule has 2 aromatic rings. The number of amides is 1. The van der Waals surface area contributed by atoms with Gasteiger partial charge in [-0.05, 0) is 37.7 Å². The first kappa shape index (κ1) is 15.0. The van der Waals surface area contributed by atoms with E-state index in [1.165, 1.54) is 5.69 Å². The zero-order valence-electron chi connectivity index (χ0n) is 13.0. The highest BCUT2D eigenvalue weighted by Crippen LogP contribution is 2.25. The number of nitrogens with one attached hydrogen (secondary N) is 1. The van der Waals surface area contributed by atoms with Crippen LogP contribution in [-0.2, 0) is 24.3 Å². The fraction of sp³-hybridized carbons (Fsp3) is 0.533. The van der Waals surface area contributed by atoms with Crippen molar-refractivity contribution >= 4 is 18.1 Å². The Morgan fingerprint density at radius 3 is 3.09 bits per heavy atom. The van der Waals surface area contributed by atoms with Gasteiger partial charge >= 0.3 is 0 Å². The van der Waals surface area contributed by atoms with Crippen LogP contribution in [0.2, 0.25) is 0 Å². The van der Waals surface area contributed by atoms with Gasteiger partial charge in [0.25, 0.3) is 0 Å². The molecule has 0 spiro atoms. The number of carbonyl (C=O) groups excluding carboxylic acids is 1. The van der Waals surface area contributed by atoms with E-state index in [0.29, 0.717) is 4.77 Å². The van der Waals surface area contributed by atoms with E-state index in [-0.39, 0.29) is 18.5 Å². The summed E-state index contributed by atoms with van der Waals surface area (Å²) in [5, 5.41) is 7.02. The third kappa shape index (κ3) is 2.61. The SMILES string of the molecule is CCCc1n[nH]c(=S)n1CC(=O)N1CCn2cccc2C1C. The molecule has 1 unspecified atom stereocenters. The van der Waals surface area contributed by atoms with Gasteiger partial charge in [0, 0.05) is 31.4 Å². The molecule has 1 aliphatic heterocycles. The number of nitrogens with zero attached hydrogens (tertiary/aromatic N) is 4. The number of rotatable bonds is 4. The summed E-state index contributed by atoms with van der Waals surface area (Å²) in [7, 11) is 0. The van der Waals surface area contributed by atoms with E-state index in [1.807, 2.05) is 15.5 Å². The van der Waals surface area contributed by atoms with E-state index < -0.39 is 0 Å². The lowest BCUT2D eigenvalue weighted by molar-refractivity contribution is -0.135. The largest absolute Gasteiger partial charge is 0.348 e. The highest BCUT2D eigenvalue weighted by Gasteiger charge is 2.27. The number of hydrogen-bond acceptors (Lipinski definition) is 3. The molecule has 7 heteroatoms. The first-order valence-corrected chi connectivity index (χ1v) is 8.11. The number of aryl methyl sites for hydroxylation is 1. The van der Waals surface area contributed by atoms with Crippen LogP contribution in [0.3, 0.4) is 0 Å². The van der Waals surface area contributed by atoms with Crippen LogP contribution in [-0.4, -0.2) is 36.7 Å². The van der Waals surface area contributed by atoms with Crippen LogP contribution < -0.4 is 0 Å². The lowest BCUT2D eigenvalue weighted by Gasteiger charge is -2.35. The van der Waals surface area contributed by atoms with Gasteiger partial charge in [-0.25, -0.2) is 0 Å². The molecular formula is C15H21N5OS. The van der Waals surface area contributed by atoms with Crippen LogP contribution in [0.1, 0.15) is 37.8 Å². The van der Waals surface area contributed by atoms with Crippen LogP contribution in [0.15, 0.2) is 18.3 Å². The second-order valence-electron chi connectivity index (χ2n) is 5.67. The van der Waals surface area contributed by atoms with Crippen LogP contribution in [0, 0.1) is 4.77 Å². The summed E-state index contributed by atoms with van der Waals surface area (Å²) in [5.74, 6) is 0.948. The molecule has 1 atom stereocenters. The number of aromatic nitrogens is 4. The van der Waals surface area contributed by atoms with E-state index >= 15 is 0 Å². The quantitative estimate of drug-likeness (QED) is 0.880. The Morgan fingerprint density at radius 2 is 2.32 bits per heavy atom. The molecule has 0 aliphatic carbocycles. The van der Waals surface area contributed by atoms with Gasteiger partial charge in [-0.2, -0.15) is 5.10 Å². The second-order valence-corrected chi connectivity index (χ2v) is 6.06. The van der Waals surface area contributed by atoms with E-state index in [1.54, 1.807) is 0 Å². The molecule has 6 nitrogen and oxygen atoms in total. The van der Waals surface area contributed by atoms with E-state index in [0.717, 1.165) is 31.8 Å². The maximum Gasteiger partial charge on any atom is 0.243 e. The maximum atomic E-state index is 12.7. The van der Waals surface area contributed by atoms with Crippen LogP contribution >= 0.6 is 12.2 Å². The molecule has 0 saturated carbocycles. The monoisotopic (exact) mass is 319 g/mol. The van der Waals surface area contributed by atoms with Crippen molar-refractivity contribution in [2.24, 2.45) is 0 Å². The normalized spacial score (nSPS) is 17.5. The standard InChI is InChI=1S/C15H21N5OS/c1-3-5-13-16-17-15(22)20(13)10-14(21)19-9-8-18-7-4-6-12(18)11(19)2/h4,6-7,11H,3,5,8-10H2,1-2H3,(H,17,22). The molecule has 0 radical (unpaired) electrons. The Bertz CT molecular complexity index is 728. The molecule has 1 N–H and O–H groups in total. The predicted octanol–water partition coefficient (Wildman–Crippen LogP) is 2.30. The molecule has 3 rings (SSSR count). The minimum Gasteiger partial charge on any atom is -0.348 e. The molecule has 0 fully saturated rings. The fourth-order valence-corrected chi connectivity index (χ4v) is 3.29. The van der Waals surface area contributed by atoms with Gasteiger partial charge in [0.2, 0.25) is 5.91 Å². The maximum absolute atomic E-state index is 12.7. The average molecular weight is 319 g/mol. The Morgan fingerprint density at radius 1 is 1.50 bits per heavy atom. The van der Waals surface area contributed by atoms with Crippen molar-refractivity contribution in [1.82, 2.24) is 24.2 Å². The summed E-state index contributed by atoms with van der Waals surface area (Å²) in [6, 6.07) is 4.20. The van der Waals surface area contributed by atoms with Gasteiger partial charge in [0.05, 0.1) is 6.04 Å². The summed E-state index contributed by atoms with van der Waals surface area (Å²) >= 11 is 5.26. The third-order valence-electron chi connectivity index (χ3n) is 4.27. The molecule has 3 heterocycles. The molecule has 118 valence electrons. The van der Waals surface area contributed by atoms with Gasteiger partial charge < -0.3 is 9.47 Å². The molecule has 1 aliphatic rings. The summed E-state index contributed by atoms with van der Waals surface area (Å²) in [6.07, 6.45) is 3.86. The molecule has 1 amide bonds. The molecule has 0 bridgehead atoms. The predicted molar refractivity (Wildman–Crippen MR) is 86.0 cm³/mol. The molecule has 2 aromatic heterocycles. The second kappa shape index (κ2) is 6.08. The van der Waals surface area contributed by atoms with Crippen molar-refractivity contribution in [3.63, 3.8) is 0 Å². The highest BCUT2D eigenvalue weighted by atomic mass is 32.1. The summed E-state index contributed by atoms with van der Waals surface area (Å²) < 4.78 is 4.55. The molecule has 22 heavy (non-hydrogen) atoms. The van der Waals surface area contributed by atoms with Crippen molar-refractivity contribution in [2.45, 2.75) is 45.8 Å². The smallest absolute Gasteiger partial charge is 0.243 e. The molecule has 0 aromatic carbocycles. The van der Waals surface area contributed by atoms with Gasteiger partial charge in [-0.3, -0.25) is 14.5 Å². The molecular weight excluding hydrogens is 298 g/mol. The summed E-state index contributed by atoms with van der Waals surface area (Å²) in [5.41, 5.74) is 1.18. The lowest BCUT2D eigenvalue weighted by Crippen LogP contribution is -2.42. The minimum absolute atomic E-state index is 0.0898. The Hall–Kier alpha value is -1.89.